The minimum Gasteiger partial charge on any atom is -0.295 e. The molecule has 1 aliphatic rings. The number of rotatable bonds is 2. The van der Waals surface area contributed by atoms with Gasteiger partial charge in [0.1, 0.15) is 6.17 Å². The largest absolute Gasteiger partial charge is 0.295 e. The van der Waals surface area contributed by atoms with Crippen LogP contribution in [0.15, 0.2) is 30.3 Å². The molecule has 0 spiro atoms. The fourth-order valence-corrected chi connectivity index (χ4v) is 1.61. The number of carbonyl (C=O) groups excluding carboxylic acids is 1. The maximum Gasteiger partial charge on any atom is 0.194 e. The molecule has 1 fully saturated rings. The van der Waals surface area contributed by atoms with Gasteiger partial charge in [0.25, 0.3) is 0 Å². The summed E-state index contributed by atoms with van der Waals surface area (Å²) in [6, 6.07) is 9.38. The molecule has 2 N–H and O–H groups in total. The Balaban J connectivity index is 2.07. The summed E-state index contributed by atoms with van der Waals surface area (Å²) in [5, 5.41) is 6.31. The van der Waals surface area contributed by atoms with Crippen molar-refractivity contribution in [3.05, 3.63) is 35.9 Å². The van der Waals surface area contributed by atoms with E-state index in [1.165, 1.54) is 0 Å². The lowest BCUT2D eigenvalue weighted by molar-refractivity contribution is 0.0912. The van der Waals surface area contributed by atoms with Gasteiger partial charge in [-0.15, -0.1) is 0 Å². The summed E-state index contributed by atoms with van der Waals surface area (Å²) in [5.74, 6) is 0.130. The van der Waals surface area contributed by atoms with Crippen LogP contribution in [0.2, 0.25) is 0 Å². The van der Waals surface area contributed by atoms with Gasteiger partial charge in [-0.25, -0.2) is 0 Å². The van der Waals surface area contributed by atoms with Crippen LogP contribution in [0.1, 0.15) is 16.8 Å². The van der Waals surface area contributed by atoms with Crippen molar-refractivity contribution in [2.45, 2.75) is 12.6 Å². The third-order valence-corrected chi connectivity index (χ3v) is 2.37. The van der Waals surface area contributed by atoms with E-state index < -0.39 is 0 Å². The molecule has 1 heterocycles. The summed E-state index contributed by atoms with van der Waals surface area (Å²) in [7, 11) is 0. The lowest BCUT2D eigenvalue weighted by Crippen LogP contribution is -2.53. The van der Waals surface area contributed by atoms with Crippen LogP contribution in [-0.2, 0) is 0 Å². The second-order valence-corrected chi connectivity index (χ2v) is 3.43. The smallest absolute Gasteiger partial charge is 0.194 e. The lowest BCUT2D eigenvalue weighted by Gasteiger charge is -2.23. The Morgan fingerprint density at radius 2 is 1.79 bits per heavy atom. The predicted molar refractivity (Wildman–Crippen MR) is 55.2 cm³/mol. The average molecular weight is 190 g/mol. The molecule has 0 aromatic heterocycles. The van der Waals surface area contributed by atoms with Gasteiger partial charge >= 0.3 is 0 Å². The van der Waals surface area contributed by atoms with Crippen LogP contribution >= 0.6 is 0 Å². The van der Waals surface area contributed by atoms with E-state index in [1.807, 2.05) is 30.3 Å². The fraction of sp³-hybridized carbons (Fsp3) is 0.364. The predicted octanol–water partition coefficient (Wildman–Crippen LogP) is 0.778. The molecule has 1 aliphatic heterocycles. The highest BCUT2D eigenvalue weighted by molar-refractivity contribution is 5.99. The van der Waals surface area contributed by atoms with Gasteiger partial charge in [-0.3, -0.25) is 15.4 Å². The first-order valence-electron chi connectivity index (χ1n) is 4.94. The Morgan fingerprint density at radius 1 is 1.14 bits per heavy atom. The van der Waals surface area contributed by atoms with E-state index in [9.17, 15) is 4.79 Å². The molecular weight excluding hydrogens is 176 g/mol. The van der Waals surface area contributed by atoms with E-state index in [-0.39, 0.29) is 11.9 Å². The second-order valence-electron chi connectivity index (χ2n) is 3.43. The highest BCUT2D eigenvalue weighted by atomic mass is 16.1. The summed E-state index contributed by atoms with van der Waals surface area (Å²) in [6.45, 7) is 1.83. The van der Waals surface area contributed by atoms with E-state index in [0.717, 1.165) is 25.1 Å². The first-order chi connectivity index (χ1) is 6.88. The zero-order valence-corrected chi connectivity index (χ0v) is 7.99. The molecule has 1 aromatic carbocycles. The number of benzene rings is 1. The minimum absolute atomic E-state index is 0.130. The van der Waals surface area contributed by atoms with Crippen molar-refractivity contribution in [3.63, 3.8) is 0 Å². The molecule has 0 amide bonds. The molecule has 0 unspecified atom stereocenters. The van der Waals surface area contributed by atoms with Crippen LogP contribution < -0.4 is 10.6 Å². The maximum absolute atomic E-state index is 11.9. The first kappa shape index (κ1) is 9.37. The van der Waals surface area contributed by atoms with E-state index >= 15 is 0 Å². The van der Waals surface area contributed by atoms with Crippen LogP contribution in [0, 0.1) is 0 Å². The van der Waals surface area contributed by atoms with Gasteiger partial charge in [0.05, 0.1) is 0 Å². The third kappa shape index (κ3) is 2.00. The minimum atomic E-state index is -0.203. The van der Waals surface area contributed by atoms with Crippen molar-refractivity contribution in [2.24, 2.45) is 0 Å². The van der Waals surface area contributed by atoms with Crippen molar-refractivity contribution in [1.82, 2.24) is 10.6 Å². The molecule has 74 valence electrons. The molecule has 0 bridgehead atoms. The summed E-state index contributed by atoms with van der Waals surface area (Å²) in [6.07, 6.45) is 0.879. The van der Waals surface area contributed by atoms with E-state index in [2.05, 4.69) is 10.6 Å². The van der Waals surface area contributed by atoms with Gasteiger partial charge in [0.15, 0.2) is 5.78 Å². The molecule has 14 heavy (non-hydrogen) atoms. The Hall–Kier alpha value is -1.19. The number of nitrogens with one attached hydrogen (secondary N) is 2. The van der Waals surface area contributed by atoms with E-state index in [1.54, 1.807) is 0 Å². The molecule has 1 saturated heterocycles. The van der Waals surface area contributed by atoms with Gasteiger partial charge < -0.3 is 0 Å². The van der Waals surface area contributed by atoms with Crippen molar-refractivity contribution in [2.75, 3.05) is 13.1 Å². The molecule has 0 atom stereocenters. The monoisotopic (exact) mass is 190 g/mol. The van der Waals surface area contributed by atoms with Gasteiger partial charge in [-0.05, 0) is 19.5 Å². The number of ketones is 1. The lowest BCUT2D eigenvalue weighted by atomic mass is 10.1. The van der Waals surface area contributed by atoms with Crippen LogP contribution in [0.3, 0.4) is 0 Å². The number of Topliss-reactive ketones (excluding diaryl/α,β-unsaturated/α-hetero) is 1. The van der Waals surface area contributed by atoms with Gasteiger partial charge in [0, 0.05) is 5.56 Å². The van der Waals surface area contributed by atoms with Crippen molar-refractivity contribution >= 4 is 5.78 Å². The Kier molecular flexibility index (Phi) is 2.91. The van der Waals surface area contributed by atoms with Crippen LogP contribution in [0.5, 0.6) is 0 Å². The standard InChI is InChI=1S/C11H14N2O/c14-10(9-5-2-1-3-6-9)11-12-7-4-8-13-11/h1-3,5-6,11-13H,4,7-8H2. The summed E-state index contributed by atoms with van der Waals surface area (Å²) >= 11 is 0. The van der Waals surface area contributed by atoms with E-state index in [0.29, 0.717) is 0 Å². The number of carbonyl (C=O) groups is 1. The Labute approximate surface area is 83.5 Å². The summed E-state index contributed by atoms with van der Waals surface area (Å²) in [5.41, 5.74) is 0.763. The molecule has 3 nitrogen and oxygen atoms in total. The van der Waals surface area contributed by atoms with Crippen LogP contribution in [-0.4, -0.2) is 25.0 Å². The summed E-state index contributed by atoms with van der Waals surface area (Å²) in [4.78, 5) is 11.9. The normalized spacial score (nSPS) is 18.0. The number of hydrogen-bond acceptors (Lipinski definition) is 3. The molecule has 0 saturated carbocycles. The second kappa shape index (κ2) is 4.35. The molecule has 0 aliphatic carbocycles. The Bertz CT molecular complexity index is 304. The van der Waals surface area contributed by atoms with Gasteiger partial charge in [-0.1, -0.05) is 30.3 Å². The highest BCUT2D eigenvalue weighted by Gasteiger charge is 2.20. The van der Waals surface area contributed by atoms with Crippen LogP contribution in [0.25, 0.3) is 0 Å². The van der Waals surface area contributed by atoms with E-state index in [4.69, 9.17) is 0 Å². The van der Waals surface area contributed by atoms with Gasteiger partial charge in [0.2, 0.25) is 0 Å². The average Bonchev–Trinajstić information content (AvgIpc) is 2.30. The topological polar surface area (TPSA) is 41.1 Å². The zero-order valence-electron chi connectivity index (χ0n) is 7.99. The number of hydrogen-bond donors (Lipinski definition) is 2. The zero-order chi connectivity index (χ0) is 9.80. The quantitative estimate of drug-likeness (QED) is 0.677. The maximum atomic E-state index is 11.9. The van der Waals surface area contributed by atoms with Crippen molar-refractivity contribution in [1.29, 1.82) is 0 Å². The molecular formula is C11H14N2O. The van der Waals surface area contributed by atoms with Crippen molar-refractivity contribution < 1.29 is 4.79 Å². The molecule has 0 radical (unpaired) electrons. The highest BCUT2D eigenvalue weighted by Crippen LogP contribution is 2.03. The molecule has 3 heteroatoms. The SMILES string of the molecule is O=C(c1ccccc1)C1NCCCN1. The first-order valence-corrected chi connectivity index (χ1v) is 4.94. The summed E-state index contributed by atoms with van der Waals surface area (Å²) < 4.78 is 0. The molecule has 1 aromatic rings. The Morgan fingerprint density at radius 3 is 2.43 bits per heavy atom. The fourth-order valence-electron chi connectivity index (χ4n) is 1.61. The van der Waals surface area contributed by atoms with Crippen LogP contribution in [0.4, 0.5) is 0 Å². The van der Waals surface area contributed by atoms with Gasteiger partial charge in [-0.2, -0.15) is 0 Å². The molecule has 2 rings (SSSR count). The van der Waals surface area contributed by atoms with Crippen molar-refractivity contribution in [3.8, 4) is 0 Å². The third-order valence-electron chi connectivity index (χ3n) is 2.37.